The zero-order valence-electron chi connectivity index (χ0n) is 10.6. The Morgan fingerprint density at radius 2 is 2.22 bits per heavy atom. The first-order valence-corrected chi connectivity index (χ1v) is 6.04. The molecule has 2 rings (SSSR count). The Morgan fingerprint density at radius 3 is 2.72 bits per heavy atom. The van der Waals surface area contributed by atoms with Crippen LogP contribution in [0.2, 0.25) is 5.22 Å². The van der Waals surface area contributed by atoms with Gasteiger partial charge >= 0.3 is 0 Å². The molecule has 0 fully saturated rings. The van der Waals surface area contributed by atoms with Gasteiger partial charge in [0, 0.05) is 11.6 Å². The molecule has 2 heterocycles. The van der Waals surface area contributed by atoms with Crippen LogP contribution in [0.3, 0.4) is 0 Å². The summed E-state index contributed by atoms with van der Waals surface area (Å²) in [6.07, 6.45) is 3.17. The van der Waals surface area contributed by atoms with Gasteiger partial charge in [-0.15, -0.1) is 0 Å². The minimum absolute atomic E-state index is 0.181. The Hall–Kier alpha value is -1.46. The highest BCUT2D eigenvalue weighted by molar-refractivity contribution is 6.29. The van der Waals surface area contributed by atoms with Gasteiger partial charge in [-0.25, -0.2) is 0 Å². The predicted molar refractivity (Wildman–Crippen MR) is 68.9 cm³/mol. The lowest BCUT2D eigenvalue weighted by atomic mass is 10.1. The van der Waals surface area contributed by atoms with E-state index in [1.807, 2.05) is 18.5 Å². The lowest BCUT2D eigenvalue weighted by Gasteiger charge is -2.17. The lowest BCUT2D eigenvalue weighted by molar-refractivity contribution is 0.400. The van der Waals surface area contributed by atoms with Crippen molar-refractivity contribution in [2.24, 2.45) is 5.73 Å². The smallest absolute Gasteiger partial charge is 0.198 e. The minimum atomic E-state index is -0.434. The summed E-state index contributed by atoms with van der Waals surface area (Å²) in [5.74, 6) is 0.647. The molecule has 0 saturated heterocycles. The van der Waals surface area contributed by atoms with Crippen LogP contribution < -0.4 is 10.5 Å². The van der Waals surface area contributed by atoms with Crippen molar-refractivity contribution in [3.8, 4) is 5.75 Å². The quantitative estimate of drug-likeness (QED) is 0.927. The van der Waals surface area contributed by atoms with Gasteiger partial charge in [0.25, 0.3) is 0 Å². The van der Waals surface area contributed by atoms with Gasteiger partial charge in [0.1, 0.15) is 5.69 Å². The molecule has 2 aromatic rings. The van der Waals surface area contributed by atoms with Crippen LogP contribution in [0.1, 0.15) is 37.2 Å². The van der Waals surface area contributed by atoms with Crippen molar-refractivity contribution in [2.75, 3.05) is 7.11 Å². The molecule has 0 aliphatic rings. The van der Waals surface area contributed by atoms with Crippen LogP contribution in [0.5, 0.6) is 5.75 Å². The zero-order chi connectivity index (χ0) is 13.3. The molecule has 1 atom stereocenters. The molecule has 0 amide bonds. The summed E-state index contributed by atoms with van der Waals surface area (Å²) in [4.78, 5) is 0. The molecule has 0 saturated carbocycles. The maximum absolute atomic E-state index is 6.24. The molecule has 0 spiro atoms. The summed E-state index contributed by atoms with van der Waals surface area (Å²) in [6.45, 7) is 4.05. The maximum Gasteiger partial charge on any atom is 0.198 e. The van der Waals surface area contributed by atoms with Crippen molar-refractivity contribution >= 4 is 11.6 Å². The molecule has 18 heavy (non-hydrogen) atoms. The molecule has 1 unspecified atom stereocenters. The number of ether oxygens (including phenoxy) is 1. The molecule has 98 valence electrons. The molecule has 2 N–H and O–H groups in total. The third-order valence-electron chi connectivity index (χ3n) is 2.78. The van der Waals surface area contributed by atoms with Gasteiger partial charge in [0.2, 0.25) is 0 Å². The second-order valence-corrected chi connectivity index (χ2v) is 4.61. The highest BCUT2D eigenvalue weighted by atomic mass is 35.5. The molecule has 0 aliphatic carbocycles. The fourth-order valence-electron chi connectivity index (χ4n) is 1.89. The number of halogens is 1. The Balaban J connectivity index is 2.49. The average Bonchev–Trinajstić information content (AvgIpc) is 2.93. The van der Waals surface area contributed by atoms with Crippen molar-refractivity contribution in [3.05, 3.63) is 35.0 Å². The third kappa shape index (κ3) is 2.11. The molecule has 0 aliphatic heterocycles. The molecule has 0 bridgehead atoms. The van der Waals surface area contributed by atoms with Gasteiger partial charge in [-0.1, -0.05) is 0 Å². The number of rotatable bonds is 4. The van der Waals surface area contributed by atoms with Gasteiger partial charge in [0.05, 0.1) is 25.6 Å². The topological polar surface area (TPSA) is 66.2 Å². The molecular weight excluding hydrogens is 254 g/mol. The van der Waals surface area contributed by atoms with E-state index in [4.69, 9.17) is 26.5 Å². The van der Waals surface area contributed by atoms with Crippen LogP contribution in [0.15, 0.2) is 22.9 Å². The number of nitrogens with two attached hydrogens (primary N) is 1. The fourth-order valence-corrected chi connectivity index (χ4v) is 2.13. The lowest BCUT2D eigenvalue weighted by Crippen LogP contribution is -2.19. The number of hydrogen-bond donors (Lipinski definition) is 1. The van der Waals surface area contributed by atoms with Crippen LogP contribution in [0.4, 0.5) is 0 Å². The van der Waals surface area contributed by atoms with E-state index in [1.54, 1.807) is 19.4 Å². The van der Waals surface area contributed by atoms with Gasteiger partial charge < -0.3 is 14.9 Å². The summed E-state index contributed by atoms with van der Waals surface area (Å²) in [7, 11) is 1.59. The standard InChI is InChI=1S/C12H16ClN3O2/c1-7(2)16-11(9(17-3)6-15-16)10(14)8-4-5-18-12(8)13/h4-7,10H,14H2,1-3H3. The summed E-state index contributed by atoms with van der Waals surface area (Å²) in [5.41, 5.74) is 7.74. The Bertz CT molecular complexity index is 533. The fraction of sp³-hybridized carbons (Fsp3) is 0.417. The highest BCUT2D eigenvalue weighted by Crippen LogP contribution is 2.33. The van der Waals surface area contributed by atoms with Crippen LogP contribution in [0.25, 0.3) is 0 Å². The molecule has 0 aromatic carbocycles. The highest BCUT2D eigenvalue weighted by Gasteiger charge is 2.24. The van der Waals surface area contributed by atoms with Crippen LogP contribution in [-0.4, -0.2) is 16.9 Å². The maximum atomic E-state index is 6.24. The SMILES string of the molecule is COc1cnn(C(C)C)c1C(N)c1ccoc1Cl. The first-order chi connectivity index (χ1) is 8.56. The average molecular weight is 270 g/mol. The molecule has 0 radical (unpaired) electrons. The second kappa shape index (κ2) is 5.04. The van der Waals surface area contributed by atoms with Crippen molar-refractivity contribution in [1.82, 2.24) is 9.78 Å². The van der Waals surface area contributed by atoms with E-state index >= 15 is 0 Å². The van der Waals surface area contributed by atoms with E-state index in [0.29, 0.717) is 11.0 Å². The summed E-state index contributed by atoms with van der Waals surface area (Å²) < 4.78 is 12.2. The van der Waals surface area contributed by atoms with Crippen LogP contribution >= 0.6 is 11.6 Å². The van der Waals surface area contributed by atoms with Crippen LogP contribution in [-0.2, 0) is 0 Å². The molecule has 6 heteroatoms. The number of furan rings is 1. The van der Waals surface area contributed by atoms with E-state index in [-0.39, 0.29) is 6.04 Å². The van der Waals surface area contributed by atoms with Gasteiger partial charge in [-0.05, 0) is 31.5 Å². The first kappa shape index (κ1) is 13.0. The second-order valence-electron chi connectivity index (χ2n) is 4.26. The van der Waals surface area contributed by atoms with Crippen molar-refractivity contribution in [2.45, 2.75) is 25.9 Å². The van der Waals surface area contributed by atoms with E-state index in [9.17, 15) is 0 Å². The minimum Gasteiger partial charge on any atom is -0.493 e. The van der Waals surface area contributed by atoms with Crippen molar-refractivity contribution in [3.63, 3.8) is 0 Å². The van der Waals surface area contributed by atoms with Gasteiger partial charge in [-0.2, -0.15) is 5.10 Å². The van der Waals surface area contributed by atoms with Crippen molar-refractivity contribution in [1.29, 1.82) is 0 Å². The van der Waals surface area contributed by atoms with E-state index in [2.05, 4.69) is 5.10 Å². The predicted octanol–water partition coefficient (Wildman–Crippen LogP) is 2.77. The number of methoxy groups -OCH3 is 1. The molecular formula is C12H16ClN3O2. The van der Waals surface area contributed by atoms with Gasteiger partial charge in [-0.3, -0.25) is 4.68 Å². The Morgan fingerprint density at radius 1 is 1.50 bits per heavy atom. The Kier molecular flexibility index (Phi) is 3.63. The van der Waals surface area contributed by atoms with E-state index < -0.39 is 6.04 Å². The summed E-state index contributed by atoms with van der Waals surface area (Å²) in [6, 6.07) is 1.50. The first-order valence-electron chi connectivity index (χ1n) is 5.66. The summed E-state index contributed by atoms with van der Waals surface area (Å²) >= 11 is 5.96. The number of aromatic nitrogens is 2. The Labute approximate surface area is 110 Å². The zero-order valence-corrected chi connectivity index (χ0v) is 11.3. The molecule has 5 nitrogen and oxygen atoms in total. The molecule has 2 aromatic heterocycles. The van der Waals surface area contributed by atoms with Crippen molar-refractivity contribution < 1.29 is 9.15 Å². The number of hydrogen-bond acceptors (Lipinski definition) is 4. The van der Waals surface area contributed by atoms with Gasteiger partial charge in [0.15, 0.2) is 11.0 Å². The third-order valence-corrected chi connectivity index (χ3v) is 3.09. The largest absolute Gasteiger partial charge is 0.493 e. The van der Waals surface area contributed by atoms with E-state index in [1.165, 1.54) is 6.26 Å². The normalized spacial score (nSPS) is 13.0. The van der Waals surface area contributed by atoms with Crippen LogP contribution in [0, 0.1) is 0 Å². The van der Waals surface area contributed by atoms with E-state index in [0.717, 1.165) is 11.3 Å². The number of nitrogens with zero attached hydrogens (tertiary/aromatic N) is 2. The summed E-state index contributed by atoms with van der Waals surface area (Å²) in [5, 5.41) is 4.58. The monoisotopic (exact) mass is 269 g/mol.